The Kier molecular flexibility index (Phi) is 4.19. The van der Waals surface area contributed by atoms with Gasteiger partial charge in [-0.05, 0) is 18.1 Å². The van der Waals surface area contributed by atoms with E-state index in [9.17, 15) is 4.79 Å². The minimum absolute atomic E-state index is 0.475. The summed E-state index contributed by atoms with van der Waals surface area (Å²) < 4.78 is 5.29. The molecule has 0 aromatic heterocycles. The Labute approximate surface area is 78.5 Å². The van der Waals surface area contributed by atoms with Gasteiger partial charge in [-0.1, -0.05) is 24.3 Å². The Morgan fingerprint density at radius 2 is 2.00 bits per heavy atom. The van der Waals surface area contributed by atoms with Gasteiger partial charge in [-0.3, -0.25) is 0 Å². The highest BCUT2D eigenvalue weighted by atomic mass is 16.5. The van der Waals surface area contributed by atoms with Crippen molar-refractivity contribution in [2.45, 2.75) is 20.0 Å². The van der Waals surface area contributed by atoms with Crippen LogP contribution in [-0.2, 0) is 22.6 Å². The Hall–Kier alpha value is -1.15. The Bertz CT molecular complexity index is 269. The SMILES string of the molecule is CCOCc1ccccc1CC=O. The fourth-order valence-corrected chi connectivity index (χ4v) is 1.20. The average Bonchev–Trinajstić information content (AvgIpc) is 2.17. The van der Waals surface area contributed by atoms with Crippen LogP contribution >= 0.6 is 0 Å². The number of hydrogen-bond donors (Lipinski definition) is 0. The van der Waals surface area contributed by atoms with Crippen LogP contribution in [-0.4, -0.2) is 12.9 Å². The molecule has 70 valence electrons. The molecule has 0 atom stereocenters. The molecular weight excluding hydrogens is 164 g/mol. The smallest absolute Gasteiger partial charge is 0.124 e. The lowest BCUT2D eigenvalue weighted by atomic mass is 10.1. The first-order valence-electron chi connectivity index (χ1n) is 4.46. The zero-order valence-electron chi connectivity index (χ0n) is 7.82. The molecule has 2 heteroatoms. The number of benzene rings is 1. The molecule has 0 radical (unpaired) electrons. The standard InChI is InChI=1S/C11H14O2/c1-2-13-9-11-6-4-3-5-10(11)7-8-12/h3-6,8H,2,7,9H2,1H3. The van der Waals surface area contributed by atoms with Gasteiger partial charge in [0, 0.05) is 13.0 Å². The van der Waals surface area contributed by atoms with Crippen molar-refractivity contribution in [3.8, 4) is 0 Å². The van der Waals surface area contributed by atoms with E-state index in [4.69, 9.17) is 4.74 Å². The molecular formula is C11H14O2. The van der Waals surface area contributed by atoms with E-state index in [1.807, 2.05) is 31.2 Å². The van der Waals surface area contributed by atoms with Crippen LogP contribution in [0.3, 0.4) is 0 Å². The van der Waals surface area contributed by atoms with Crippen LogP contribution in [0.25, 0.3) is 0 Å². The van der Waals surface area contributed by atoms with E-state index in [-0.39, 0.29) is 0 Å². The van der Waals surface area contributed by atoms with Gasteiger partial charge in [0.15, 0.2) is 0 Å². The van der Waals surface area contributed by atoms with Gasteiger partial charge < -0.3 is 9.53 Å². The molecule has 0 heterocycles. The van der Waals surface area contributed by atoms with Crippen LogP contribution in [0.4, 0.5) is 0 Å². The first-order chi connectivity index (χ1) is 6.38. The number of carbonyl (C=O) groups excluding carboxylic acids is 1. The maximum absolute atomic E-state index is 10.4. The maximum atomic E-state index is 10.4. The van der Waals surface area contributed by atoms with Crippen molar-refractivity contribution in [2.24, 2.45) is 0 Å². The lowest BCUT2D eigenvalue weighted by Crippen LogP contribution is -1.98. The monoisotopic (exact) mass is 178 g/mol. The molecule has 1 rings (SSSR count). The predicted octanol–water partition coefficient (Wildman–Crippen LogP) is 1.96. The summed E-state index contributed by atoms with van der Waals surface area (Å²) in [5, 5.41) is 0. The first kappa shape index (κ1) is 9.93. The molecule has 0 aliphatic heterocycles. The summed E-state index contributed by atoms with van der Waals surface area (Å²) in [6, 6.07) is 7.86. The lowest BCUT2D eigenvalue weighted by Gasteiger charge is -2.06. The van der Waals surface area contributed by atoms with E-state index in [1.165, 1.54) is 0 Å². The molecule has 1 aromatic carbocycles. The van der Waals surface area contributed by atoms with Gasteiger partial charge in [0.05, 0.1) is 6.61 Å². The summed E-state index contributed by atoms with van der Waals surface area (Å²) in [5.41, 5.74) is 2.17. The molecule has 0 fully saturated rings. The third kappa shape index (κ3) is 2.99. The number of aldehydes is 1. The van der Waals surface area contributed by atoms with Crippen molar-refractivity contribution in [1.29, 1.82) is 0 Å². The van der Waals surface area contributed by atoms with E-state index in [0.29, 0.717) is 19.6 Å². The fraction of sp³-hybridized carbons (Fsp3) is 0.364. The fourth-order valence-electron chi connectivity index (χ4n) is 1.20. The third-order valence-electron chi connectivity index (χ3n) is 1.88. The highest BCUT2D eigenvalue weighted by Crippen LogP contribution is 2.09. The van der Waals surface area contributed by atoms with Crippen molar-refractivity contribution in [3.05, 3.63) is 35.4 Å². The molecule has 13 heavy (non-hydrogen) atoms. The van der Waals surface area contributed by atoms with Crippen LogP contribution in [0.1, 0.15) is 18.1 Å². The summed E-state index contributed by atoms with van der Waals surface area (Å²) in [6.07, 6.45) is 1.40. The van der Waals surface area contributed by atoms with Gasteiger partial charge in [-0.15, -0.1) is 0 Å². The van der Waals surface area contributed by atoms with Crippen molar-refractivity contribution in [2.75, 3.05) is 6.61 Å². The molecule has 0 unspecified atom stereocenters. The predicted molar refractivity (Wildman–Crippen MR) is 51.5 cm³/mol. The first-order valence-corrected chi connectivity index (χ1v) is 4.46. The summed E-state index contributed by atoms with van der Waals surface area (Å²) in [5.74, 6) is 0. The normalized spacial score (nSPS) is 9.92. The van der Waals surface area contributed by atoms with Gasteiger partial charge in [-0.2, -0.15) is 0 Å². The van der Waals surface area contributed by atoms with Gasteiger partial charge in [0.25, 0.3) is 0 Å². The Morgan fingerprint density at radius 1 is 1.31 bits per heavy atom. The topological polar surface area (TPSA) is 26.3 Å². The zero-order chi connectivity index (χ0) is 9.52. The second-order valence-electron chi connectivity index (χ2n) is 2.78. The van der Waals surface area contributed by atoms with Crippen molar-refractivity contribution in [3.63, 3.8) is 0 Å². The average molecular weight is 178 g/mol. The van der Waals surface area contributed by atoms with Crippen LogP contribution in [0, 0.1) is 0 Å². The third-order valence-corrected chi connectivity index (χ3v) is 1.88. The van der Waals surface area contributed by atoms with Crippen LogP contribution < -0.4 is 0 Å². The second kappa shape index (κ2) is 5.49. The molecule has 0 spiro atoms. The molecule has 0 amide bonds. The molecule has 0 saturated carbocycles. The minimum atomic E-state index is 0.475. The molecule has 0 saturated heterocycles. The summed E-state index contributed by atoms with van der Waals surface area (Å²) in [4.78, 5) is 10.4. The largest absolute Gasteiger partial charge is 0.377 e. The van der Waals surface area contributed by atoms with Gasteiger partial charge in [-0.25, -0.2) is 0 Å². The van der Waals surface area contributed by atoms with Gasteiger partial charge in [0.2, 0.25) is 0 Å². The number of rotatable bonds is 5. The van der Waals surface area contributed by atoms with Crippen molar-refractivity contribution < 1.29 is 9.53 Å². The zero-order valence-corrected chi connectivity index (χ0v) is 7.82. The van der Waals surface area contributed by atoms with Gasteiger partial charge >= 0.3 is 0 Å². The molecule has 0 aliphatic rings. The van der Waals surface area contributed by atoms with E-state index in [2.05, 4.69) is 0 Å². The number of hydrogen-bond acceptors (Lipinski definition) is 2. The highest BCUT2D eigenvalue weighted by Gasteiger charge is 1.99. The quantitative estimate of drug-likeness (QED) is 0.644. The molecule has 2 nitrogen and oxygen atoms in total. The van der Waals surface area contributed by atoms with Crippen molar-refractivity contribution in [1.82, 2.24) is 0 Å². The molecule has 1 aromatic rings. The molecule has 0 aliphatic carbocycles. The number of carbonyl (C=O) groups is 1. The van der Waals surface area contributed by atoms with Crippen LogP contribution in [0.2, 0.25) is 0 Å². The second-order valence-corrected chi connectivity index (χ2v) is 2.78. The summed E-state index contributed by atoms with van der Waals surface area (Å²) in [7, 11) is 0. The van der Waals surface area contributed by atoms with E-state index < -0.39 is 0 Å². The molecule has 0 bridgehead atoms. The molecule has 0 N–H and O–H groups in total. The van der Waals surface area contributed by atoms with E-state index >= 15 is 0 Å². The Balaban J connectivity index is 2.71. The summed E-state index contributed by atoms with van der Waals surface area (Å²) >= 11 is 0. The maximum Gasteiger partial charge on any atom is 0.124 e. The van der Waals surface area contributed by atoms with Gasteiger partial charge in [0.1, 0.15) is 6.29 Å². The highest BCUT2D eigenvalue weighted by molar-refractivity contribution is 5.56. The van der Waals surface area contributed by atoms with E-state index in [1.54, 1.807) is 0 Å². The number of ether oxygens (including phenoxy) is 1. The van der Waals surface area contributed by atoms with Crippen LogP contribution in [0.5, 0.6) is 0 Å². The van der Waals surface area contributed by atoms with Crippen LogP contribution in [0.15, 0.2) is 24.3 Å². The van der Waals surface area contributed by atoms with Crippen molar-refractivity contribution >= 4 is 6.29 Å². The lowest BCUT2D eigenvalue weighted by molar-refractivity contribution is -0.107. The van der Waals surface area contributed by atoms with E-state index in [0.717, 1.165) is 17.4 Å². The Morgan fingerprint density at radius 3 is 2.62 bits per heavy atom. The minimum Gasteiger partial charge on any atom is -0.377 e. The summed E-state index contributed by atoms with van der Waals surface area (Å²) in [6.45, 7) is 3.26.